The molecule has 6 heteroatoms. The van der Waals surface area contributed by atoms with Crippen LogP contribution in [0, 0.1) is 0 Å². The Morgan fingerprint density at radius 1 is 1.20 bits per heavy atom. The Hall–Kier alpha value is -2.01. The molecule has 2 aliphatic rings. The number of hydrogen-bond donors (Lipinski definition) is 1. The fraction of sp³-hybridized carbons (Fsp3) is 0.474. The molecule has 0 bridgehead atoms. The molecule has 1 aromatic carbocycles. The summed E-state index contributed by atoms with van der Waals surface area (Å²) in [6.07, 6.45) is 7.93. The Bertz CT molecular complexity index is 888. The van der Waals surface area contributed by atoms with Crippen molar-refractivity contribution in [2.45, 2.75) is 44.6 Å². The predicted octanol–water partition coefficient (Wildman–Crippen LogP) is 3.65. The Balaban J connectivity index is 1.51. The number of aromatic nitrogens is 2. The van der Waals surface area contributed by atoms with Crippen LogP contribution in [0.4, 0.5) is 0 Å². The van der Waals surface area contributed by atoms with Crippen LogP contribution >= 0.6 is 11.6 Å². The zero-order valence-electron chi connectivity index (χ0n) is 14.1. The third kappa shape index (κ3) is 3.13. The summed E-state index contributed by atoms with van der Waals surface area (Å²) >= 11 is 6.01. The van der Waals surface area contributed by atoms with Gasteiger partial charge in [-0.1, -0.05) is 17.7 Å². The highest BCUT2D eigenvalue weighted by atomic mass is 35.5. The summed E-state index contributed by atoms with van der Waals surface area (Å²) in [5.41, 5.74) is 2.53. The molecule has 0 radical (unpaired) electrons. The summed E-state index contributed by atoms with van der Waals surface area (Å²) in [5, 5.41) is 0.613. The van der Waals surface area contributed by atoms with Gasteiger partial charge in [0.15, 0.2) is 0 Å². The van der Waals surface area contributed by atoms with Crippen molar-refractivity contribution in [3.63, 3.8) is 0 Å². The maximum atomic E-state index is 12.6. The van der Waals surface area contributed by atoms with Crippen molar-refractivity contribution < 1.29 is 4.79 Å². The maximum Gasteiger partial charge on any atom is 0.326 e. The Morgan fingerprint density at radius 3 is 2.72 bits per heavy atom. The number of likely N-dealkylation sites (tertiary alicyclic amines) is 1. The number of H-pyrrole nitrogens is 1. The first-order valence-corrected chi connectivity index (χ1v) is 9.39. The molecule has 1 N–H and O–H groups in total. The predicted molar refractivity (Wildman–Crippen MR) is 99.0 cm³/mol. The van der Waals surface area contributed by atoms with Gasteiger partial charge in [-0.3, -0.25) is 9.36 Å². The quantitative estimate of drug-likeness (QED) is 0.889. The van der Waals surface area contributed by atoms with E-state index in [9.17, 15) is 9.59 Å². The molecule has 1 amide bonds. The van der Waals surface area contributed by atoms with Gasteiger partial charge in [0.2, 0.25) is 5.91 Å². The number of nitrogens with zero attached hydrogens (tertiary/aromatic N) is 2. The number of benzene rings is 1. The number of rotatable bonds is 2. The molecule has 5 nitrogen and oxygen atoms in total. The first-order valence-electron chi connectivity index (χ1n) is 9.01. The number of hydrogen-bond acceptors (Lipinski definition) is 2. The summed E-state index contributed by atoms with van der Waals surface area (Å²) in [5.74, 6) is 0.191. The van der Waals surface area contributed by atoms with E-state index in [2.05, 4.69) is 11.1 Å². The van der Waals surface area contributed by atoms with Gasteiger partial charge in [0.25, 0.3) is 0 Å². The monoisotopic (exact) mass is 359 g/mol. The lowest BCUT2D eigenvalue weighted by Crippen LogP contribution is -2.41. The van der Waals surface area contributed by atoms with E-state index >= 15 is 0 Å². The second-order valence-corrected chi connectivity index (χ2v) is 7.40. The molecular weight excluding hydrogens is 338 g/mol. The van der Waals surface area contributed by atoms with Gasteiger partial charge in [-0.25, -0.2) is 4.79 Å². The highest BCUT2D eigenvalue weighted by Gasteiger charge is 2.27. The van der Waals surface area contributed by atoms with Gasteiger partial charge < -0.3 is 9.88 Å². The van der Waals surface area contributed by atoms with Crippen molar-refractivity contribution in [3.8, 4) is 0 Å². The highest BCUT2D eigenvalue weighted by molar-refractivity contribution is 6.31. The minimum Gasteiger partial charge on any atom is -0.339 e. The van der Waals surface area contributed by atoms with Crippen LogP contribution < -0.4 is 5.69 Å². The van der Waals surface area contributed by atoms with E-state index in [0.29, 0.717) is 18.1 Å². The van der Waals surface area contributed by atoms with E-state index in [1.54, 1.807) is 6.07 Å². The first-order chi connectivity index (χ1) is 12.1. The summed E-state index contributed by atoms with van der Waals surface area (Å²) in [7, 11) is 0. The Morgan fingerprint density at radius 2 is 2.00 bits per heavy atom. The van der Waals surface area contributed by atoms with Crippen molar-refractivity contribution in [1.29, 1.82) is 0 Å². The van der Waals surface area contributed by atoms with Crippen LogP contribution in [-0.4, -0.2) is 33.4 Å². The van der Waals surface area contributed by atoms with E-state index in [1.807, 2.05) is 21.6 Å². The van der Waals surface area contributed by atoms with Crippen molar-refractivity contribution in [2.24, 2.45) is 0 Å². The molecule has 0 atom stereocenters. The number of allylic oxidation sites excluding steroid dienone is 1. The summed E-state index contributed by atoms with van der Waals surface area (Å²) in [6, 6.07) is 5.59. The van der Waals surface area contributed by atoms with E-state index < -0.39 is 0 Å². The van der Waals surface area contributed by atoms with Gasteiger partial charge in [-0.15, -0.1) is 0 Å². The van der Waals surface area contributed by atoms with Crippen molar-refractivity contribution in [1.82, 2.24) is 14.5 Å². The topological polar surface area (TPSA) is 58.1 Å². The second-order valence-electron chi connectivity index (χ2n) is 6.96. The number of imidazole rings is 1. The molecule has 1 saturated heterocycles. The standard InChI is InChI=1S/C19H22ClN3O2/c20-14-6-7-17-16(12-14)21-19(25)23(17)15-8-10-22(11-9-15)18(24)13-4-2-1-3-5-13/h4,6-7,12,15H,1-3,5,8-11H2,(H,21,25). The minimum absolute atomic E-state index is 0.1000. The zero-order chi connectivity index (χ0) is 17.4. The first kappa shape index (κ1) is 16.5. The lowest BCUT2D eigenvalue weighted by Gasteiger charge is -2.33. The molecule has 1 fully saturated rings. The largest absolute Gasteiger partial charge is 0.339 e. The van der Waals surface area contributed by atoms with Crippen LogP contribution in [0.3, 0.4) is 0 Å². The molecule has 0 unspecified atom stereocenters. The van der Waals surface area contributed by atoms with Gasteiger partial charge in [0, 0.05) is 29.7 Å². The fourth-order valence-corrected chi connectivity index (χ4v) is 4.20. The van der Waals surface area contributed by atoms with Crippen LogP contribution in [0.15, 0.2) is 34.6 Å². The second kappa shape index (κ2) is 6.71. The Labute approximate surface area is 151 Å². The zero-order valence-corrected chi connectivity index (χ0v) is 14.9. The molecule has 0 spiro atoms. The SMILES string of the molecule is O=C(C1=CCCCC1)N1CCC(n2c(=O)[nH]c3cc(Cl)ccc32)CC1. The van der Waals surface area contributed by atoms with Crippen LogP contribution in [0.5, 0.6) is 0 Å². The van der Waals surface area contributed by atoms with E-state index in [0.717, 1.165) is 48.7 Å². The normalized spacial score (nSPS) is 19.2. The van der Waals surface area contributed by atoms with E-state index in [4.69, 9.17) is 11.6 Å². The molecule has 1 aliphatic carbocycles. The van der Waals surface area contributed by atoms with Crippen LogP contribution in [-0.2, 0) is 4.79 Å². The molecule has 2 heterocycles. The molecule has 132 valence electrons. The number of piperidine rings is 1. The van der Waals surface area contributed by atoms with Crippen molar-refractivity contribution in [2.75, 3.05) is 13.1 Å². The van der Waals surface area contributed by atoms with Gasteiger partial charge in [0.1, 0.15) is 0 Å². The Kier molecular flexibility index (Phi) is 4.42. The number of fused-ring (bicyclic) bond motifs is 1. The number of halogens is 1. The van der Waals surface area contributed by atoms with Crippen molar-refractivity contribution >= 4 is 28.5 Å². The fourth-order valence-electron chi connectivity index (χ4n) is 4.03. The molecule has 1 aromatic heterocycles. The molecule has 0 saturated carbocycles. The molecule has 1 aliphatic heterocycles. The lowest BCUT2D eigenvalue weighted by atomic mass is 9.97. The van der Waals surface area contributed by atoms with Gasteiger partial charge in [0.05, 0.1) is 11.0 Å². The summed E-state index contributed by atoms with van der Waals surface area (Å²) in [6.45, 7) is 1.40. The van der Waals surface area contributed by atoms with Crippen molar-refractivity contribution in [3.05, 3.63) is 45.4 Å². The maximum absolute atomic E-state index is 12.6. The smallest absolute Gasteiger partial charge is 0.326 e. The highest BCUT2D eigenvalue weighted by Crippen LogP contribution is 2.28. The minimum atomic E-state index is -0.1000. The van der Waals surface area contributed by atoms with Crippen LogP contribution in [0.2, 0.25) is 5.02 Å². The average molecular weight is 360 g/mol. The number of aromatic amines is 1. The van der Waals surface area contributed by atoms with Gasteiger partial charge in [-0.2, -0.15) is 0 Å². The third-order valence-corrected chi connectivity index (χ3v) is 5.60. The van der Waals surface area contributed by atoms with Crippen LogP contribution in [0.25, 0.3) is 11.0 Å². The molecular formula is C19H22ClN3O2. The molecule has 4 rings (SSSR count). The number of carbonyl (C=O) groups is 1. The number of nitrogens with one attached hydrogen (secondary N) is 1. The van der Waals surface area contributed by atoms with Gasteiger partial charge >= 0.3 is 5.69 Å². The number of amides is 1. The number of carbonyl (C=O) groups excluding carboxylic acids is 1. The van der Waals surface area contributed by atoms with Gasteiger partial charge in [-0.05, 0) is 56.7 Å². The summed E-state index contributed by atoms with van der Waals surface area (Å²) < 4.78 is 1.83. The third-order valence-electron chi connectivity index (χ3n) is 5.36. The van der Waals surface area contributed by atoms with Crippen LogP contribution in [0.1, 0.15) is 44.6 Å². The molecule has 2 aromatic rings. The van der Waals surface area contributed by atoms with E-state index in [-0.39, 0.29) is 17.6 Å². The summed E-state index contributed by atoms with van der Waals surface area (Å²) in [4.78, 5) is 29.9. The molecule has 25 heavy (non-hydrogen) atoms. The van der Waals surface area contributed by atoms with E-state index in [1.165, 1.54) is 6.42 Å². The average Bonchev–Trinajstić information content (AvgIpc) is 2.97. The lowest BCUT2D eigenvalue weighted by molar-refractivity contribution is -0.128.